The number of anilines is 2. The molecule has 0 aromatic heterocycles. The molecule has 3 aromatic carbocycles. The van der Waals surface area contributed by atoms with Gasteiger partial charge in [-0.15, -0.1) is 0 Å². The summed E-state index contributed by atoms with van der Waals surface area (Å²) in [5, 5.41) is 6.17. The molecule has 3 aromatic rings. The first kappa shape index (κ1) is 21.8. The topological polar surface area (TPSA) is 68.8 Å². The van der Waals surface area contributed by atoms with E-state index in [1.54, 1.807) is 14.2 Å². The number of methoxy groups -OCH3 is 2. The third kappa shape index (κ3) is 6.03. The zero-order valence-corrected chi connectivity index (χ0v) is 18.9. The molecule has 2 N–H and O–H groups in total. The first-order chi connectivity index (χ1) is 14.6. The maximum Gasteiger partial charge on any atom is 0.262 e. The summed E-state index contributed by atoms with van der Waals surface area (Å²) in [5.41, 5.74) is 2.75. The summed E-state index contributed by atoms with van der Waals surface area (Å²) in [4.78, 5) is 12.2. The average Bonchev–Trinajstić information content (AvgIpc) is 2.77. The SMILES string of the molecule is COc1ccc(NCc2cc(I)c(OCC(=O)Nc3ccccc3)c(OC)c2)cc1. The molecule has 0 spiro atoms. The molecular weight excluding hydrogens is 495 g/mol. The molecule has 6 nitrogen and oxygen atoms in total. The maximum absolute atomic E-state index is 12.2. The van der Waals surface area contributed by atoms with Crippen LogP contribution in [-0.4, -0.2) is 26.7 Å². The molecule has 0 aliphatic carbocycles. The molecule has 0 fully saturated rings. The van der Waals surface area contributed by atoms with E-state index in [1.807, 2.05) is 66.7 Å². The Balaban J connectivity index is 1.62. The van der Waals surface area contributed by atoms with E-state index >= 15 is 0 Å². The van der Waals surface area contributed by atoms with E-state index in [1.165, 1.54) is 0 Å². The molecule has 1 amide bonds. The predicted molar refractivity (Wildman–Crippen MR) is 127 cm³/mol. The van der Waals surface area contributed by atoms with Gasteiger partial charge in [0, 0.05) is 17.9 Å². The van der Waals surface area contributed by atoms with Crippen molar-refractivity contribution in [1.82, 2.24) is 0 Å². The molecule has 0 aliphatic heterocycles. The summed E-state index contributed by atoms with van der Waals surface area (Å²) in [6, 6.07) is 20.9. The van der Waals surface area contributed by atoms with Crippen LogP contribution >= 0.6 is 22.6 Å². The molecule has 0 aliphatic rings. The number of amides is 1. The van der Waals surface area contributed by atoms with E-state index in [9.17, 15) is 4.79 Å². The zero-order chi connectivity index (χ0) is 21.3. The highest BCUT2D eigenvalue weighted by atomic mass is 127. The molecule has 156 valence electrons. The van der Waals surface area contributed by atoms with Crippen LogP contribution in [0.1, 0.15) is 5.56 Å². The van der Waals surface area contributed by atoms with Crippen LogP contribution in [0.2, 0.25) is 0 Å². The minimum Gasteiger partial charge on any atom is -0.497 e. The van der Waals surface area contributed by atoms with Crippen molar-refractivity contribution < 1.29 is 19.0 Å². The van der Waals surface area contributed by atoms with Gasteiger partial charge < -0.3 is 24.8 Å². The molecule has 30 heavy (non-hydrogen) atoms. The molecule has 0 bridgehead atoms. The van der Waals surface area contributed by atoms with E-state index in [0.29, 0.717) is 18.0 Å². The second-order valence-electron chi connectivity index (χ2n) is 6.39. The lowest BCUT2D eigenvalue weighted by Crippen LogP contribution is -2.20. The van der Waals surface area contributed by atoms with Crippen LogP contribution in [-0.2, 0) is 11.3 Å². The van der Waals surface area contributed by atoms with Crippen molar-refractivity contribution in [3.63, 3.8) is 0 Å². The van der Waals surface area contributed by atoms with E-state index in [-0.39, 0.29) is 12.5 Å². The average molecular weight is 518 g/mol. The number of rotatable bonds is 9. The number of hydrogen-bond donors (Lipinski definition) is 2. The summed E-state index contributed by atoms with van der Waals surface area (Å²) in [6.45, 7) is 0.512. The van der Waals surface area contributed by atoms with Crippen molar-refractivity contribution in [2.75, 3.05) is 31.5 Å². The summed E-state index contributed by atoms with van der Waals surface area (Å²) in [6.07, 6.45) is 0. The normalized spacial score (nSPS) is 10.2. The second-order valence-corrected chi connectivity index (χ2v) is 7.56. The Kier molecular flexibility index (Phi) is 7.78. The number of halogens is 1. The summed E-state index contributed by atoms with van der Waals surface area (Å²) in [7, 11) is 3.23. The predicted octanol–water partition coefficient (Wildman–Crippen LogP) is 4.94. The number of hydrogen-bond acceptors (Lipinski definition) is 5. The minimum absolute atomic E-state index is 0.106. The van der Waals surface area contributed by atoms with Crippen LogP contribution in [0.15, 0.2) is 66.7 Å². The molecule has 0 atom stereocenters. The summed E-state index contributed by atoms with van der Waals surface area (Å²) in [5.74, 6) is 1.72. The lowest BCUT2D eigenvalue weighted by Gasteiger charge is -2.15. The van der Waals surface area contributed by atoms with Gasteiger partial charge in [-0.2, -0.15) is 0 Å². The Labute approximate surface area is 189 Å². The lowest BCUT2D eigenvalue weighted by atomic mass is 10.2. The number of carbonyl (C=O) groups is 1. The van der Waals surface area contributed by atoms with E-state index in [2.05, 4.69) is 33.2 Å². The third-order valence-electron chi connectivity index (χ3n) is 4.28. The second kappa shape index (κ2) is 10.7. The number of carbonyl (C=O) groups excluding carboxylic acids is 1. The van der Waals surface area contributed by atoms with Crippen molar-refractivity contribution in [2.24, 2.45) is 0 Å². The van der Waals surface area contributed by atoms with Crippen molar-refractivity contribution in [2.45, 2.75) is 6.54 Å². The monoisotopic (exact) mass is 518 g/mol. The molecule has 0 heterocycles. The van der Waals surface area contributed by atoms with Gasteiger partial charge in [0.05, 0.1) is 17.8 Å². The Bertz CT molecular complexity index is 978. The highest BCUT2D eigenvalue weighted by Crippen LogP contribution is 2.34. The minimum atomic E-state index is -0.232. The zero-order valence-electron chi connectivity index (χ0n) is 16.8. The molecular formula is C23H23IN2O4. The van der Waals surface area contributed by atoms with Crippen LogP contribution in [0, 0.1) is 3.57 Å². The molecule has 0 unspecified atom stereocenters. The molecule has 0 saturated carbocycles. The highest BCUT2D eigenvalue weighted by Gasteiger charge is 2.14. The fourth-order valence-corrected chi connectivity index (χ4v) is 3.61. The largest absolute Gasteiger partial charge is 0.497 e. The maximum atomic E-state index is 12.2. The van der Waals surface area contributed by atoms with E-state index in [4.69, 9.17) is 14.2 Å². The summed E-state index contributed by atoms with van der Waals surface area (Å²) < 4.78 is 17.3. The van der Waals surface area contributed by atoms with Crippen molar-refractivity contribution >= 4 is 39.9 Å². The number of benzene rings is 3. The molecule has 3 rings (SSSR count). The van der Waals surface area contributed by atoms with Gasteiger partial charge in [0.25, 0.3) is 5.91 Å². The Hall–Kier alpha value is -2.94. The van der Waals surface area contributed by atoms with Crippen molar-refractivity contribution in [3.05, 3.63) is 75.9 Å². The Morgan fingerprint density at radius 3 is 2.33 bits per heavy atom. The van der Waals surface area contributed by atoms with Gasteiger partial charge in [0.1, 0.15) is 5.75 Å². The van der Waals surface area contributed by atoms with Gasteiger partial charge in [-0.05, 0) is 76.7 Å². The van der Waals surface area contributed by atoms with Crippen molar-refractivity contribution in [1.29, 1.82) is 0 Å². The van der Waals surface area contributed by atoms with Gasteiger partial charge in [-0.25, -0.2) is 0 Å². The fourth-order valence-electron chi connectivity index (χ4n) is 2.78. The van der Waals surface area contributed by atoms with Gasteiger partial charge in [0.15, 0.2) is 18.1 Å². The first-order valence-corrected chi connectivity index (χ1v) is 10.4. The first-order valence-electron chi connectivity index (χ1n) is 9.31. The van der Waals surface area contributed by atoms with Crippen LogP contribution in [0.25, 0.3) is 0 Å². The van der Waals surface area contributed by atoms with Crippen LogP contribution in [0.4, 0.5) is 11.4 Å². The summed E-state index contributed by atoms with van der Waals surface area (Å²) >= 11 is 2.19. The molecule has 0 saturated heterocycles. The van der Waals surface area contributed by atoms with Gasteiger partial charge in [0.2, 0.25) is 0 Å². The number of nitrogens with one attached hydrogen (secondary N) is 2. The lowest BCUT2D eigenvalue weighted by molar-refractivity contribution is -0.118. The highest BCUT2D eigenvalue weighted by molar-refractivity contribution is 14.1. The Morgan fingerprint density at radius 2 is 1.67 bits per heavy atom. The van der Waals surface area contributed by atoms with Crippen LogP contribution in [0.3, 0.4) is 0 Å². The Morgan fingerprint density at radius 1 is 0.933 bits per heavy atom. The van der Waals surface area contributed by atoms with Gasteiger partial charge >= 0.3 is 0 Å². The smallest absolute Gasteiger partial charge is 0.262 e. The number of ether oxygens (including phenoxy) is 3. The van der Waals surface area contributed by atoms with Crippen molar-refractivity contribution in [3.8, 4) is 17.2 Å². The van der Waals surface area contributed by atoms with Gasteiger partial charge in [-0.3, -0.25) is 4.79 Å². The fraction of sp³-hybridized carbons (Fsp3) is 0.174. The molecule has 0 radical (unpaired) electrons. The van der Waals surface area contributed by atoms with E-state index in [0.717, 1.165) is 26.3 Å². The quantitative estimate of drug-likeness (QED) is 0.393. The van der Waals surface area contributed by atoms with E-state index < -0.39 is 0 Å². The number of para-hydroxylation sites is 1. The molecule has 7 heteroatoms. The standard InChI is InChI=1S/C23H23IN2O4/c1-28-19-10-8-17(9-11-19)25-14-16-12-20(24)23(21(13-16)29-2)30-15-22(27)26-18-6-4-3-5-7-18/h3-13,25H,14-15H2,1-2H3,(H,26,27). The third-order valence-corrected chi connectivity index (χ3v) is 5.08. The van der Waals surface area contributed by atoms with Gasteiger partial charge in [-0.1, -0.05) is 18.2 Å². The van der Waals surface area contributed by atoms with Crippen LogP contribution in [0.5, 0.6) is 17.2 Å². The van der Waals surface area contributed by atoms with Crippen LogP contribution < -0.4 is 24.8 Å².